The molecule has 0 saturated carbocycles. The van der Waals surface area contributed by atoms with Gasteiger partial charge in [0.15, 0.2) is 0 Å². The van der Waals surface area contributed by atoms with Gasteiger partial charge in [-0.25, -0.2) is 9.59 Å². The molecule has 1 aromatic rings. The second-order valence-corrected chi connectivity index (χ2v) is 7.64. The number of methoxy groups -OCH3 is 1. The number of benzene rings is 1. The second-order valence-electron chi connectivity index (χ2n) is 7.64. The molecule has 1 rings (SSSR count). The highest BCUT2D eigenvalue weighted by molar-refractivity contribution is 5.90. The van der Waals surface area contributed by atoms with Gasteiger partial charge in [-0.3, -0.25) is 4.79 Å². The minimum atomic E-state index is -0.855. The van der Waals surface area contributed by atoms with E-state index in [1.165, 1.54) is 7.11 Å². The number of ether oxygens (including phenoxy) is 2. The minimum absolute atomic E-state index is 0.201. The lowest BCUT2D eigenvalue weighted by atomic mass is 10.0. The molecule has 0 heterocycles. The molecule has 0 aromatic heterocycles. The average molecular weight is 378 g/mol. The first-order chi connectivity index (χ1) is 12.5. The van der Waals surface area contributed by atoms with Crippen molar-refractivity contribution >= 4 is 18.0 Å². The molecule has 1 aromatic carbocycles. The van der Waals surface area contributed by atoms with Gasteiger partial charge in [-0.2, -0.15) is 0 Å². The smallest absolute Gasteiger partial charge is 0.408 e. The Balaban J connectivity index is 2.85. The monoisotopic (exact) mass is 378 g/mol. The molecule has 0 aliphatic carbocycles. The van der Waals surface area contributed by atoms with Crippen molar-refractivity contribution in [1.29, 1.82) is 0 Å². The summed E-state index contributed by atoms with van der Waals surface area (Å²) >= 11 is 0. The fourth-order valence-corrected chi connectivity index (χ4v) is 2.42. The largest absolute Gasteiger partial charge is 0.467 e. The van der Waals surface area contributed by atoms with Gasteiger partial charge >= 0.3 is 12.1 Å². The van der Waals surface area contributed by atoms with Gasteiger partial charge in [0, 0.05) is 6.42 Å². The molecule has 0 aliphatic rings. The normalized spacial score (nSPS) is 13.4. The summed E-state index contributed by atoms with van der Waals surface area (Å²) in [6.45, 7) is 8.82. The van der Waals surface area contributed by atoms with Crippen LogP contribution in [-0.2, 0) is 25.5 Å². The SMILES string of the molecule is COC(=O)C(Cc1ccccc1)NC(=O)[C@@H](NC(=O)OC(C)(C)C)C(C)C. The average Bonchev–Trinajstić information content (AvgIpc) is 2.57. The number of carbonyl (C=O) groups is 3. The third-order valence-corrected chi connectivity index (χ3v) is 3.71. The number of rotatable bonds is 7. The van der Waals surface area contributed by atoms with E-state index in [2.05, 4.69) is 10.6 Å². The summed E-state index contributed by atoms with van der Waals surface area (Å²) in [5.41, 5.74) is 0.207. The zero-order chi connectivity index (χ0) is 20.6. The van der Waals surface area contributed by atoms with Crippen LogP contribution in [0.2, 0.25) is 0 Å². The summed E-state index contributed by atoms with van der Waals surface area (Å²) < 4.78 is 10.0. The molecule has 7 nitrogen and oxygen atoms in total. The highest BCUT2D eigenvalue weighted by atomic mass is 16.6. The summed E-state index contributed by atoms with van der Waals surface area (Å²) in [5, 5.41) is 5.26. The highest BCUT2D eigenvalue weighted by Gasteiger charge is 2.30. The van der Waals surface area contributed by atoms with E-state index in [-0.39, 0.29) is 12.3 Å². The number of alkyl carbamates (subject to hydrolysis) is 1. The molecule has 0 bridgehead atoms. The molecule has 2 N–H and O–H groups in total. The van der Waals surface area contributed by atoms with Gasteiger partial charge in [0.2, 0.25) is 5.91 Å². The molecule has 0 saturated heterocycles. The Morgan fingerprint density at radius 1 is 1.04 bits per heavy atom. The quantitative estimate of drug-likeness (QED) is 0.711. The van der Waals surface area contributed by atoms with Crippen molar-refractivity contribution < 1.29 is 23.9 Å². The second kappa shape index (κ2) is 9.94. The van der Waals surface area contributed by atoms with E-state index in [1.54, 1.807) is 34.6 Å². The molecule has 0 spiro atoms. The van der Waals surface area contributed by atoms with Crippen LogP contribution in [0.4, 0.5) is 4.79 Å². The Bertz CT molecular complexity index is 638. The van der Waals surface area contributed by atoms with Crippen LogP contribution in [0.5, 0.6) is 0 Å². The van der Waals surface area contributed by atoms with Gasteiger partial charge in [0.1, 0.15) is 17.7 Å². The van der Waals surface area contributed by atoms with Crippen molar-refractivity contribution in [2.45, 2.75) is 58.7 Å². The fourth-order valence-electron chi connectivity index (χ4n) is 2.42. The summed E-state index contributed by atoms with van der Waals surface area (Å²) in [4.78, 5) is 36.9. The van der Waals surface area contributed by atoms with Gasteiger partial charge in [0.05, 0.1) is 7.11 Å². The van der Waals surface area contributed by atoms with Crippen LogP contribution < -0.4 is 10.6 Å². The predicted molar refractivity (Wildman–Crippen MR) is 102 cm³/mol. The van der Waals surface area contributed by atoms with Crippen molar-refractivity contribution in [3.8, 4) is 0 Å². The van der Waals surface area contributed by atoms with Gasteiger partial charge in [0.25, 0.3) is 0 Å². The van der Waals surface area contributed by atoms with Crippen LogP contribution >= 0.6 is 0 Å². The molecule has 27 heavy (non-hydrogen) atoms. The zero-order valence-corrected chi connectivity index (χ0v) is 16.9. The van der Waals surface area contributed by atoms with Crippen molar-refractivity contribution in [2.75, 3.05) is 7.11 Å². The first-order valence-corrected chi connectivity index (χ1v) is 8.95. The van der Waals surface area contributed by atoms with Crippen molar-refractivity contribution in [3.05, 3.63) is 35.9 Å². The number of nitrogens with one attached hydrogen (secondary N) is 2. The topological polar surface area (TPSA) is 93.7 Å². The Hall–Kier alpha value is -2.57. The van der Waals surface area contributed by atoms with Gasteiger partial charge < -0.3 is 20.1 Å². The number of carbonyl (C=O) groups excluding carboxylic acids is 3. The standard InChI is InChI=1S/C20H30N2O5/c1-13(2)16(22-19(25)27-20(3,4)5)17(23)21-15(18(24)26-6)12-14-10-8-7-9-11-14/h7-11,13,15-16H,12H2,1-6H3,(H,21,23)(H,22,25)/t15?,16-/m0/s1. The molecule has 2 amide bonds. The summed E-state index contributed by atoms with van der Waals surface area (Å²) in [5.74, 6) is -1.22. The number of amides is 2. The maximum atomic E-state index is 12.7. The van der Waals surface area contributed by atoms with E-state index in [0.29, 0.717) is 0 Å². The van der Waals surface area contributed by atoms with E-state index in [1.807, 2.05) is 30.3 Å². The third-order valence-electron chi connectivity index (χ3n) is 3.71. The first-order valence-electron chi connectivity index (χ1n) is 8.95. The minimum Gasteiger partial charge on any atom is -0.467 e. The van der Waals surface area contributed by atoms with E-state index >= 15 is 0 Å². The van der Waals surface area contributed by atoms with E-state index < -0.39 is 35.7 Å². The Morgan fingerprint density at radius 3 is 2.11 bits per heavy atom. The van der Waals surface area contributed by atoms with Gasteiger partial charge in [-0.15, -0.1) is 0 Å². The molecule has 150 valence electrons. The molecule has 0 radical (unpaired) electrons. The third kappa shape index (κ3) is 8.11. The van der Waals surface area contributed by atoms with E-state index in [9.17, 15) is 14.4 Å². The molecule has 0 fully saturated rings. The van der Waals surface area contributed by atoms with Crippen molar-refractivity contribution in [3.63, 3.8) is 0 Å². The number of hydrogen-bond acceptors (Lipinski definition) is 5. The Morgan fingerprint density at radius 2 is 1.63 bits per heavy atom. The molecule has 2 atom stereocenters. The van der Waals surface area contributed by atoms with Crippen LogP contribution in [0.3, 0.4) is 0 Å². The maximum absolute atomic E-state index is 12.7. The van der Waals surface area contributed by atoms with Crippen molar-refractivity contribution in [2.24, 2.45) is 5.92 Å². The lowest BCUT2D eigenvalue weighted by molar-refractivity contribution is -0.145. The molecular formula is C20H30N2O5. The highest BCUT2D eigenvalue weighted by Crippen LogP contribution is 2.10. The summed E-state index contributed by atoms with van der Waals surface area (Å²) in [6, 6.07) is 7.60. The lowest BCUT2D eigenvalue weighted by Crippen LogP contribution is -2.55. The fraction of sp³-hybridized carbons (Fsp3) is 0.550. The molecule has 0 aliphatic heterocycles. The zero-order valence-electron chi connectivity index (χ0n) is 16.9. The van der Waals surface area contributed by atoms with Gasteiger partial charge in [-0.05, 0) is 32.3 Å². The Labute approximate surface area is 160 Å². The molecular weight excluding hydrogens is 348 g/mol. The van der Waals surface area contributed by atoms with Crippen LogP contribution in [0.1, 0.15) is 40.2 Å². The molecule has 7 heteroatoms. The van der Waals surface area contributed by atoms with Crippen molar-refractivity contribution in [1.82, 2.24) is 10.6 Å². The summed E-state index contributed by atoms with van der Waals surface area (Å²) in [6.07, 6.45) is -0.398. The van der Waals surface area contributed by atoms with E-state index in [0.717, 1.165) is 5.56 Å². The Kier molecular flexibility index (Phi) is 8.28. The van der Waals surface area contributed by atoms with Crippen LogP contribution in [-0.4, -0.2) is 42.8 Å². The predicted octanol–water partition coefficient (Wildman–Crippen LogP) is 2.44. The van der Waals surface area contributed by atoms with Gasteiger partial charge in [-0.1, -0.05) is 44.2 Å². The summed E-state index contributed by atoms with van der Waals surface area (Å²) in [7, 11) is 1.27. The first kappa shape index (κ1) is 22.5. The number of hydrogen-bond donors (Lipinski definition) is 2. The lowest BCUT2D eigenvalue weighted by Gasteiger charge is -2.26. The van der Waals surface area contributed by atoms with Crippen LogP contribution in [0, 0.1) is 5.92 Å². The van der Waals surface area contributed by atoms with E-state index in [4.69, 9.17) is 9.47 Å². The number of esters is 1. The maximum Gasteiger partial charge on any atom is 0.408 e. The van der Waals surface area contributed by atoms with Crippen LogP contribution in [0.25, 0.3) is 0 Å². The molecule has 1 unspecified atom stereocenters. The van der Waals surface area contributed by atoms with Crippen LogP contribution in [0.15, 0.2) is 30.3 Å².